The van der Waals surface area contributed by atoms with Crippen LogP contribution in [0.3, 0.4) is 0 Å². The molecule has 2 N–H and O–H groups in total. The minimum atomic E-state index is 0. The van der Waals surface area contributed by atoms with E-state index in [1.165, 1.54) is 0 Å². The van der Waals surface area contributed by atoms with Crippen molar-refractivity contribution >= 4 is 41.7 Å². The minimum Gasteiger partial charge on any atom is -0.385 e. The van der Waals surface area contributed by atoms with E-state index >= 15 is 0 Å². The number of hydrogen-bond donors (Lipinski definition) is 2. The Morgan fingerprint density at radius 2 is 2.05 bits per heavy atom. The van der Waals surface area contributed by atoms with Crippen LogP contribution in [-0.2, 0) is 4.74 Å². The maximum absolute atomic E-state index is 5.05. The Hall–Kier alpha value is 0.270. The summed E-state index contributed by atoms with van der Waals surface area (Å²) in [5.74, 6) is 2.02. The minimum absolute atomic E-state index is 0. The largest absolute Gasteiger partial charge is 0.385 e. The second-order valence-electron chi connectivity index (χ2n) is 4.33. The summed E-state index contributed by atoms with van der Waals surface area (Å²) in [6.07, 6.45) is 3.18. The summed E-state index contributed by atoms with van der Waals surface area (Å²) in [4.78, 5) is 6.85. The summed E-state index contributed by atoms with van der Waals surface area (Å²) in [6, 6.07) is 0. The average Bonchev–Trinajstić information content (AvgIpc) is 2.39. The Morgan fingerprint density at radius 1 is 1.30 bits per heavy atom. The third-order valence-electron chi connectivity index (χ3n) is 2.58. The fraction of sp³-hybridized carbons (Fsp3) is 0.923. The van der Waals surface area contributed by atoms with E-state index in [4.69, 9.17) is 4.74 Å². The van der Waals surface area contributed by atoms with Crippen molar-refractivity contribution in [2.45, 2.75) is 13.3 Å². The van der Waals surface area contributed by atoms with Gasteiger partial charge in [0, 0.05) is 45.6 Å². The molecule has 20 heavy (non-hydrogen) atoms. The van der Waals surface area contributed by atoms with Crippen LogP contribution in [-0.4, -0.2) is 76.4 Å². The quantitative estimate of drug-likeness (QED) is 0.231. The molecule has 0 saturated carbocycles. The van der Waals surface area contributed by atoms with Crippen molar-refractivity contribution in [3.63, 3.8) is 0 Å². The molecule has 0 heterocycles. The molecule has 0 atom stereocenters. The highest BCUT2D eigenvalue weighted by atomic mass is 127. The van der Waals surface area contributed by atoms with Gasteiger partial charge < -0.3 is 20.3 Å². The SMILES string of the molecule is CCNC(=NCCN(C)CCCOC)NCCSC.I. The fourth-order valence-electron chi connectivity index (χ4n) is 1.54. The van der Waals surface area contributed by atoms with Crippen molar-refractivity contribution in [2.24, 2.45) is 4.99 Å². The number of nitrogens with zero attached hydrogens (tertiary/aromatic N) is 2. The molecule has 0 bridgehead atoms. The van der Waals surface area contributed by atoms with Crippen molar-refractivity contribution in [3.05, 3.63) is 0 Å². The molecule has 0 aliphatic carbocycles. The zero-order chi connectivity index (χ0) is 14.3. The van der Waals surface area contributed by atoms with Crippen LogP contribution in [0.5, 0.6) is 0 Å². The number of nitrogens with one attached hydrogen (secondary N) is 2. The standard InChI is InChI=1S/C13H30N4OS.HI/c1-5-14-13(16-8-12-19-4)15-7-10-17(2)9-6-11-18-3;/h5-12H2,1-4H3,(H2,14,15,16);1H. The maximum atomic E-state index is 5.05. The van der Waals surface area contributed by atoms with Crippen molar-refractivity contribution in [1.29, 1.82) is 0 Å². The zero-order valence-electron chi connectivity index (χ0n) is 13.3. The lowest BCUT2D eigenvalue weighted by atomic mass is 10.4. The van der Waals surface area contributed by atoms with E-state index in [1.807, 2.05) is 11.8 Å². The lowest BCUT2D eigenvalue weighted by Crippen LogP contribution is -2.39. The van der Waals surface area contributed by atoms with E-state index in [0.717, 1.165) is 57.5 Å². The van der Waals surface area contributed by atoms with Gasteiger partial charge in [-0.15, -0.1) is 24.0 Å². The predicted octanol–water partition coefficient (Wildman–Crippen LogP) is 1.49. The van der Waals surface area contributed by atoms with E-state index in [2.05, 4.69) is 40.8 Å². The predicted molar refractivity (Wildman–Crippen MR) is 102 cm³/mol. The van der Waals surface area contributed by atoms with Gasteiger partial charge in [0.2, 0.25) is 0 Å². The molecule has 7 heteroatoms. The van der Waals surface area contributed by atoms with E-state index in [0.29, 0.717) is 0 Å². The number of rotatable bonds is 11. The number of ether oxygens (including phenoxy) is 1. The van der Waals surface area contributed by atoms with Crippen LogP contribution in [0.2, 0.25) is 0 Å². The number of thioether (sulfide) groups is 1. The second-order valence-corrected chi connectivity index (χ2v) is 5.32. The molecule has 0 aromatic rings. The van der Waals surface area contributed by atoms with Crippen LogP contribution in [0, 0.1) is 0 Å². The van der Waals surface area contributed by atoms with Gasteiger partial charge in [-0.1, -0.05) is 0 Å². The molecule has 0 unspecified atom stereocenters. The number of likely N-dealkylation sites (N-methyl/N-ethyl adjacent to an activating group) is 1. The number of halogens is 1. The first-order valence-electron chi connectivity index (χ1n) is 6.93. The normalized spacial score (nSPS) is 11.3. The average molecular weight is 418 g/mol. The summed E-state index contributed by atoms with van der Waals surface area (Å²) in [7, 11) is 3.87. The molecule has 0 aromatic carbocycles. The number of methoxy groups -OCH3 is 1. The number of guanidine groups is 1. The summed E-state index contributed by atoms with van der Waals surface area (Å²) in [5, 5.41) is 6.59. The molecule has 0 spiro atoms. The second kappa shape index (κ2) is 17.3. The lowest BCUT2D eigenvalue weighted by Gasteiger charge is -2.16. The molecule has 0 aliphatic rings. The topological polar surface area (TPSA) is 48.9 Å². The lowest BCUT2D eigenvalue weighted by molar-refractivity contribution is 0.180. The molecular weight excluding hydrogens is 387 g/mol. The molecule has 0 rings (SSSR count). The highest BCUT2D eigenvalue weighted by molar-refractivity contribution is 14.0. The Labute approximate surface area is 145 Å². The Bertz CT molecular complexity index is 232. The molecular formula is C13H31IN4OS. The highest BCUT2D eigenvalue weighted by Crippen LogP contribution is 1.89. The van der Waals surface area contributed by atoms with Crippen molar-refractivity contribution in [2.75, 3.05) is 65.5 Å². The van der Waals surface area contributed by atoms with Gasteiger partial charge in [-0.2, -0.15) is 11.8 Å². The summed E-state index contributed by atoms with van der Waals surface area (Å²) in [6.45, 7) is 7.61. The summed E-state index contributed by atoms with van der Waals surface area (Å²) >= 11 is 1.84. The van der Waals surface area contributed by atoms with Crippen LogP contribution in [0.4, 0.5) is 0 Å². The van der Waals surface area contributed by atoms with Crippen LogP contribution in [0.25, 0.3) is 0 Å². The third kappa shape index (κ3) is 14.7. The van der Waals surface area contributed by atoms with Gasteiger partial charge in [0.05, 0.1) is 6.54 Å². The van der Waals surface area contributed by atoms with E-state index in [9.17, 15) is 0 Å². The van der Waals surface area contributed by atoms with E-state index < -0.39 is 0 Å². The van der Waals surface area contributed by atoms with Crippen LogP contribution < -0.4 is 10.6 Å². The first kappa shape index (κ1) is 22.5. The molecule has 122 valence electrons. The van der Waals surface area contributed by atoms with Gasteiger partial charge in [-0.05, 0) is 26.6 Å². The molecule has 0 fully saturated rings. The van der Waals surface area contributed by atoms with Gasteiger partial charge >= 0.3 is 0 Å². The van der Waals surface area contributed by atoms with Crippen molar-refractivity contribution < 1.29 is 4.74 Å². The summed E-state index contributed by atoms with van der Waals surface area (Å²) in [5.41, 5.74) is 0. The van der Waals surface area contributed by atoms with Gasteiger partial charge in [-0.3, -0.25) is 4.99 Å². The van der Waals surface area contributed by atoms with Crippen molar-refractivity contribution in [1.82, 2.24) is 15.5 Å². The van der Waals surface area contributed by atoms with E-state index in [1.54, 1.807) is 7.11 Å². The van der Waals surface area contributed by atoms with Gasteiger partial charge in [0.15, 0.2) is 5.96 Å². The van der Waals surface area contributed by atoms with Gasteiger partial charge in [0.25, 0.3) is 0 Å². The zero-order valence-corrected chi connectivity index (χ0v) is 16.4. The molecule has 0 aromatic heterocycles. The Balaban J connectivity index is 0. The van der Waals surface area contributed by atoms with Crippen molar-refractivity contribution in [3.8, 4) is 0 Å². The first-order valence-corrected chi connectivity index (χ1v) is 8.32. The number of aliphatic imine (C=N–C) groups is 1. The monoisotopic (exact) mass is 418 g/mol. The van der Waals surface area contributed by atoms with E-state index in [-0.39, 0.29) is 24.0 Å². The molecule has 0 amide bonds. The highest BCUT2D eigenvalue weighted by Gasteiger charge is 1.99. The fourth-order valence-corrected chi connectivity index (χ4v) is 1.84. The van der Waals surface area contributed by atoms with Gasteiger partial charge in [0.1, 0.15) is 0 Å². The first-order chi connectivity index (χ1) is 9.24. The molecule has 5 nitrogen and oxygen atoms in total. The molecule has 0 aliphatic heterocycles. The van der Waals surface area contributed by atoms with Crippen LogP contribution in [0.1, 0.15) is 13.3 Å². The van der Waals surface area contributed by atoms with Gasteiger partial charge in [-0.25, -0.2) is 0 Å². The van der Waals surface area contributed by atoms with Crippen LogP contribution >= 0.6 is 35.7 Å². The van der Waals surface area contributed by atoms with Crippen LogP contribution in [0.15, 0.2) is 4.99 Å². The smallest absolute Gasteiger partial charge is 0.191 e. The Kier molecular flexibility index (Phi) is 19.5. The molecule has 0 saturated heterocycles. The third-order valence-corrected chi connectivity index (χ3v) is 3.20. The Morgan fingerprint density at radius 3 is 2.65 bits per heavy atom. The number of hydrogen-bond acceptors (Lipinski definition) is 4. The maximum Gasteiger partial charge on any atom is 0.191 e. The molecule has 0 radical (unpaired) electrons. The summed E-state index contributed by atoms with van der Waals surface area (Å²) < 4.78 is 5.05.